The van der Waals surface area contributed by atoms with Gasteiger partial charge in [-0.3, -0.25) is 9.88 Å². The molecule has 2 amide bonds. The molecule has 2 aromatic heterocycles. The average Bonchev–Trinajstić information content (AvgIpc) is 2.67. The van der Waals surface area contributed by atoms with E-state index in [9.17, 15) is 4.79 Å². The smallest absolute Gasteiger partial charge is 0.319 e. The van der Waals surface area contributed by atoms with Gasteiger partial charge in [-0.2, -0.15) is 0 Å². The Morgan fingerprint density at radius 2 is 1.76 bits per heavy atom. The van der Waals surface area contributed by atoms with Gasteiger partial charge in [-0.05, 0) is 31.2 Å². The van der Waals surface area contributed by atoms with E-state index < -0.39 is 0 Å². The average molecular weight is 341 g/mol. The summed E-state index contributed by atoms with van der Waals surface area (Å²) in [5, 5.41) is 5.66. The number of hydrogen-bond acceptors (Lipinski definition) is 6. The number of hydrogen-bond donors (Lipinski definition) is 2. The number of nitrogens with one attached hydrogen (secondary N) is 2. The maximum Gasteiger partial charge on any atom is 0.319 e. The van der Waals surface area contributed by atoms with Crippen LogP contribution in [-0.2, 0) is 0 Å². The van der Waals surface area contributed by atoms with E-state index in [1.54, 1.807) is 36.9 Å². The third kappa shape index (κ3) is 5.39. The Hall–Kier alpha value is -2.74. The molecular formula is C17H23N7O. The van der Waals surface area contributed by atoms with Gasteiger partial charge in [0.15, 0.2) is 0 Å². The Morgan fingerprint density at radius 1 is 1.04 bits per heavy atom. The molecule has 0 aromatic carbocycles. The molecule has 0 unspecified atom stereocenters. The predicted molar refractivity (Wildman–Crippen MR) is 96.6 cm³/mol. The summed E-state index contributed by atoms with van der Waals surface area (Å²) in [5.41, 5.74) is 0.742. The van der Waals surface area contributed by atoms with Crippen molar-refractivity contribution in [1.29, 1.82) is 0 Å². The molecule has 1 aliphatic heterocycles. The van der Waals surface area contributed by atoms with Gasteiger partial charge in [0.2, 0.25) is 5.95 Å². The van der Waals surface area contributed by atoms with Crippen LogP contribution in [0, 0.1) is 0 Å². The highest BCUT2D eigenvalue weighted by Gasteiger charge is 2.18. The van der Waals surface area contributed by atoms with E-state index in [1.807, 2.05) is 6.07 Å². The van der Waals surface area contributed by atoms with Crippen LogP contribution in [0.4, 0.5) is 16.4 Å². The van der Waals surface area contributed by atoms with Crippen molar-refractivity contribution in [1.82, 2.24) is 25.2 Å². The number of anilines is 2. The molecule has 0 aliphatic carbocycles. The third-order valence-electron chi connectivity index (χ3n) is 4.08. The minimum atomic E-state index is -0.183. The van der Waals surface area contributed by atoms with Crippen molar-refractivity contribution in [2.75, 3.05) is 49.5 Å². The first-order chi connectivity index (χ1) is 12.3. The molecule has 0 radical (unpaired) electrons. The zero-order valence-corrected chi connectivity index (χ0v) is 14.1. The highest BCUT2D eigenvalue weighted by Crippen LogP contribution is 2.09. The van der Waals surface area contributed by atoms with Crippen molar-refractivity contribution in [3.05, 3.63) is 43.0 Å². The Kier molecular flexibility index (Phi) is 6.11. The van der Waals surface area contributed by atoms with Crippen molar-refractivity contribution in [3.63, 3.8) is 0 Å². The molecule has 8 heteroatoms. The molecule has 1 aliphatic rings. The molecule has 1 fully saturated rings. The normalized spacial score (nSPS) is 15.0. The number of amides is 2. The first-order valence-corrected chi connectivity index (χ1v) is 8.50. The number of urea groups is 1. The van der Waals surface area contributed by atoms with Gasteiger partial charge in [-0.25, -0.2) is 14.8 Å². The number of pyridine rings is 1. The minimum Gasteiger partial charge on any atom is -0.338 e. The lowest BCUT2D eigenvalue weighted by atomic mass is 10.3. The second-order valence-electron chi connectivity index (χ2n) is 5.85. The van der Waals surface area contributed by atoms with Crippen molar-refractivity contribution in [2.45, 2.75) is 6.42 Å². The summed E-state index contributed by atoms with van der Waals surface area (Å²) in [4.78, 5) is 28.9. The molecule has 8 nitrogen and oxygen atoms in total. The molecule has 0 atom stereocenters. The summed E-state index contributed by atoms with van der Waals surface area (Å²) in [5.74, 6) is 0.802. The Bertz CT molecular complexity index is 645. The van der Waals surface area contributed by atoms with Gasteiger partial charge in [-0.1, -0.05) is 0 Å². The van der Waals surface area contributed by atoms with Crippen LogP contribution < -0.4 is 15.5 Å². The van der Waals surface area contributed by atoms with Gasteiger partial charge in [0.25, 0.3) is 0 Å². The third-order valence-corrected chi connectivity index (χ3v) is 4.08. The molecule has 25 heavy (non-hydrogen) atoms. The highest BCUT2D eigenvalue weighted by molar-refractivity contribution is 5.88. The van der Waals surface area contributed by atoms with E-state index in [-0.39, 0.29) is 6.03 Å². The van der Waals surface area contributed by atoms with Crippen LogP contribution in [0.25, 0.3) is 0 Å². The fourth-order valence-electron chi connectivity index (χ4n) is 2.74. The molecular weight excluding hydrogens is 318 g/mol. The summed E-state index contributed by atoms with van der Waals surface area (Å²) in [7, 11) is 0. The summed E-state index contributed by atoms with van der Waals surface area (Å²) >= 11 is 0. The summed E-state index contributed by atoms with van der Waals surface area (Å²) in [6, 6.07) is 5.17. The summed E-state index contributed by atoms with van der Waals surface area (Å²) < 4.78 is 0. The van der Waals surface area contributed by atoms with Crippen LogP contribution in [0.15, 0.2) is 43.0 Å². The van der Waals surface area contributed by atoms with Crippen LogP contribution in [-0.4, -0.2) is 65.2 Å². The molecule has 2 aromatic rings. The zero-order chi connectivity index (χ0) is 17.3. The van der Waals surface area contributed by atoms with Crippen LogP contribution >= 0.6 is 0 Å². The van der Waals surface area contributed by atoms with E-state index in [4.69, 9.17) is 0 Å². The Morgan fingerprint density at radius 3 is 2.48 bits per heavy atom. The first-order valence-electron chi connectivity index (χ1n) is 8.50. The van der Waals surface area contributed by atoms with Crippen LogP contribution in [0.2, 0.25) is 0 Å². The van der Waals surface area contributed by atoms with Crippen LogP contribution in [0.1, 0.15) is 6.42 Å². The standard InChI is InChI=1S/C17H23N7O/c25-17(22-15-3-8-18-9-4-15)21-7-2-10-23-11-13-24(14-12-23)16-19-5-1-6-20-16/h1,3-6,8-9H,2,7,10-14H2,(H2,18,21,22,25). The molecule has 132 valence electrons. The van der Waals surface area contributed by atoms with Gasteiger partial charge in [0, 0.05) is 63.2 Å². The number of carbonyl (C=O) groups excluding carboxylic acids is 1. The lowest BCUT2D eigenvalue weighted by molar-refractivity contribution is 0.244. The fraction of sp³-hybridized carbons (Fsp3) is 0.412. The van der Waals surface area contributed by atoms with Crippen molar-refractivity contribution in [2.24, 2.45) is 0 Å². The minimum absolute atomic E-state index is 0.183. The van der Waals surface area contributed by atoms with Crippen molar-refractivity contribution >= 4 is 17.7 Å². The zero-order valence-electron chi connectivity index (χ0n) is 14.1. The Balaban J connectivity index is 1.29. The van der Waals surface area contributed by atoms with Crippen molar-refractivity contribution in [3.8, 4) is 0 Å². The predicted octanol–water partition coefficient (Wildman–Crippen LogP) is 1.21. The SMILES string of the molecule is O=C(NCCCN1CCN(c2ncccn2)CC1)Nc1ccncc1. The summed E-state index contributed by atoms with van der Waals surface area (Å²) in [6.07, 6.45) is 7.77. The molecule has 2 N–H and O–H groups in total. The fourth-order valence-corrected chi connectivity index (χ4v) is 2.74. The number of piperazine rings is 1. The van der Waals surface area contributed by atoms with Gasteiger partial charge in [0.1, 0.15) is 0 Å². The van der Waals surface area contributed by atoms with Crippen LogP contribution in [0.3, 0.4) is 0 Å². The topological polar surface area (TPSA) is 86.3 Å². The second kappa shape index (κ2) is 8.93. The summed E-state index contributed by atoms with van der Waals surface area (Å²) in [6.45, 7) is 5.46. The molecule has 0 spiro atoms. The maximum atomic E-state index is 11.8. The monoisotopic (exact) mass is 341 g/mol. The Labute approximate surface area is 147 Å². The molecule has 3 rings (SSSR count). The molecule has 1 saturated heterocycles. The quantitative estimate of drug-likeness (QED) is 0.768. The first kappa shape index (κ1) is 17.1. The van der Waals surface area contributed by atoms with E-state index in [2.05, 4.69) is 35.4 Å². The number of rotatable bonds is 6. The molecule has 3 heterocycles. The van der Waals surface area contributed by atoms with E-state index in [0.717, 1.165) is 50.8 Å². The van der Waals surface area contributed by atoms with Gasteiger partial charge in [-0.15, -0.1) is 0 Å². The van der Waals surface area contributed by atoms with E-state index in [1.165, 1.54) is 0 Å². The molecule has 0 bridgehead atoms. The van der Waals surface area contributed by atoms with E-state index >= 15 is 0 Å². The number of carbonyl (C=O) groups is 1. The second-order valence-corrected chi connectivity index (χ2v) is 5.85. The molecule has 0 saturated carbocycles. The lowest BCUT2D eigenvalue weighted by Gasteiger charge is -2.34. The maximum absolute atomic E-state index is 11.8. The van der Waals surface area contributed by atoms with Crippen molar-refractivity contribution < 1.29 is 4.79 Å². The van der Waals surface area contributed by atoms with Crippen LogP contribution in [0.5, 0.6) is 0 Å². The van der Waals surface area contributed by atoms with E-state index in [0.29, 0.717) is 6.54 Å². The lowest BCUT2D eigenvalue weighted by Crippen LogP contribution is -2.47. The number of nitrogens with zero attached hydrogens (tertiary/aromatic N) is 5. The largest absolute Gasteiger partial charge is 0.338 e. The van der Waals surface area contributed by atoms with Gasteiger partial charge >= 0.3 is 6.03 Å². The number of aromatic nitrogens is 3. The van der Waals surface area contributed by atoms with Gasteiger partial charge < -0.3 is 15.5 Å². The highest BCUT2D eigenvalue weighted by atomic mass is 16.2. The van der Waals surface area contributed by atoms with Gasteiger partial charge in [0.05, 0.1) is 0 Å².